The first kappa shape index (κ1) is 17.7. The molecule has 0 aliphatic rings. The highest BCUT2D eigenvalue weighted by atomic mass is 35.5. The maximum absolute atomic E-state index is 12.2. The van der Waals surface area contributed by atoms with Crippen LogP contribution in [0.2, 0.25) is 10.0 Å². The number of hydrogen-bond donors (Lipinski definition) is 2. The molecule has 0 amide bonds. The predicted molar refractivity (Wildman–Crippen MR) is 83.9 cm³/mol. The molecule has 0 aliphatic heterocycles. The summed E-state index contributed by atoms with van der Waals surface area (Å²) in [4.78, 5) is 0.0535. The minimum atomic E-state index is -3.64. The predicted octanol–water partition coefficient (Wildman–Crippen LogP) is 3.18. The second-order valence-electron chi connectivity index (χ2n) is 5.15. The quantitative estimate of drug-likeness (QED) is 0.837. The van der Waals surface area contributed by atoms with Gasteiger partial charge in [-0.15, -0.1) is 0 Å². The van der Waals surface area contributed by atoms with Crippen molar-refractivity contribution in [3.8, 4) is 0 Å². The maximum atomic E-state index is 12.2. The smallest absolute Gasteiger partial charge is 0.242 e. The summed E-state index contributed by atoms with van der Waals surface area (Å²) < 4.78 is 26.9. The molecule has 2 N–H and O–H groups in total. The molecule has 20 heavy (non-hydrogen) atoms. The normalized spacial score (nSPS) is 12.4. The molecule has 4 nitrogen and oxygen atoms in total. The van der Waals surface area contributed by atoms with Crippen LogP contribution in [0.5, 0.6) is 0 Å². The van der Waals surface area contributed by atoms with Crippen molar-refractivity contribution in [3.63, 3.8) is 0 Å². The van der Waals surface area contributed by atoms with Crippen LogP contribution in [-0.2, 0) is 16.6 Å². The lowest BCUT2D eigenvalue weighted by Crippen LogP contribution is -2.30. The topological polar surface area (TPSA) is 58.2 Å². The first-order valence-corrected chi connectivity index (χ1v) is 8.61. The summed E-state index contributed by atoms with van der Waals surface area (Å²) >= 11 is 12.3. The second kappa shape index (κ2) is 7.09. The zero-order valence-corrected chi connectivity index (χ0v) is 14.3. The molecule has 0 fully saturated rings. The van der Waals surface area contributed by atoms with E-state index in [-0.39, 0.29) is 22.0 Å². The van der Waals surface area contributed by atoms with Crippen LogP contribution in [0.3, 0.4) is 0 Å². The van der Waals surface area contributed by atoms with Gasteiger partial charge in [0.15, 0.2) is 0 Å². The Bertz CT molecular complexity index is 572. The Kier molecular flexibility index (Phi) is 6.28. The van der Waals surface area contributed by atoms with E-state index < -0.39 is 10.0 Å². The Balaban J connectivity index is 3.21. The highest BCUT2D eigenvalue weighted by Crippen LogP contribution is 2.31. The summed E-state index contributed by atoms with van der Waals surface area (Å²) in [5.41, 5.74) is 0.591. The van der Waals surface area contributed by atoms with E-state index in [4.69, 9.17) is 23.2 Å². The number of rotatable bonds is 6. The van der Waals surface area contributed by atoms with Gasteiger partial charge in [-0.05, 0) is 26.0 Å². The SMILES string of the molecule is CC(C)NCc1c(Cl)ccc(S(=O)(=O)NC(C)C)c1Cl. The van der Waals surface area contributed by atoms with E-state index in [2.05, 4.69) is 10.0 Å². The van der Waals surface area contributed by atoms with Gasteiger partial charge in [0.1, 0.15) is 4.90 Å². The second-order valence-corrected chi connectivity index (χ2v) is 7.62. The lowest BCUT2D eigenvalue weighted by atomic mass is 10.2. The van der Waals surface area contributed by atoms with Crippen molar-refractivity contribution in [2.75, 3.05) is 0 Å². The van der Waals surface area contributed by atoms with Gasteiger partial charge < -0.3 is 5.32 Å². The highest BCUT2D eigenvalue weighted by Gasteiger charge is 2.22. The van der Waals surface area contributed by atoms with Gasteiger partial charge in [-0.2, -0.15) is 0 Å². The number of nitrogens with one attached hydrogen (secondary N) is 2. The van der Waals surface area contributed by atoms with Gasteiger partial charge in [0.2, 0.25) is 10.0 Å². The van der Waals surface area contributed by atoms with E-state index in [0.717, 1.165) is 0 Å². The standard InChI is InChI=1S/C13H20Cl2N2O2S/c1-8(2)16-7-10-11(14)5-6-12(13(10)15)20(18,19)17-9(3)4/h5-6,8-9,16-17H,7H2,1-4H3. The fraction of sp³-hybridized carbons (Fsp3) is 0.538. The van der Waals surface area contributed by atoms with Gasteiger partial charge in [0.05, 0.1) is 5.02 Å². The zero-order valence-electron chi connectivity index (χ0n) is 12.0. The molecule has 0 radical (unpaired) electrons. The van der Waals surface area contributed by atoms with E-state index in [1.54, 1.807) is 19.9 Å². The van der Waals surface area contributed by atoms with E-state index in [1.165, 1.54) is 6.07 Å². The van der Waals surface area contributed by atoms with E-state index >= 15 is 0 Å². The summed E-state index contributed by atoms with van der Waals surface area (Å²) in [6.07, 6.45) is 0. The van der Waals surface area contributed by atoms with Gasteiger partial charge in [-0.3, -0.25) is 0 Å². The third-order valence-electron chi connectivity index (χ3n) is 2.52. The molecule has 0 bridgehead atoms. The monoisotopic (exact) mass is 338 g/mol. The van der Waals surface area contributed by atoms with Crippen LogP contribution in [0, 0.1) is 0 Å². The maximum Gasteiger partial charge on any atom is 0.242 e. The third kappa shape index (κ3) is 4.60. The Hall–Kier alpha value is -0.330. The number of sulfonamides is 1. The lowest BCUT2D eigenvalue weighted by molar-refractivity contribution is 0.569. The molecule has 0 aromatic heterocycles. The highest BCUT2D eigenvalue weighted by molar-refractivity contribution is 7.89. The van der Waals surface area contributed by atoms with E-state index in [0.29, 0.717) is 17.1 Å². The minimum absolute atomic E-state index is 0.0535. The fourth-order valence-corrected chi connectivity index (χ4v) is 3.79. The summed E-state index contributed by atoms with van der Waals surface area (Å²) in [6.45, 7) is 7.90. The van der Waals surface area contributed by atoms with Crippen molar-refractivity contribution < 1.29 is 8.42 Å². The van der Waals surface area contributed by atoms with Gasteiger partial charge in [-0.25, -0.2) is 13.1 Å². The molecule has 0 spiro atoms. The molecule has 1 aromatic carbocycles. The molecular formula is C13H20Cl2N2O2S. The van der Waals surface area contributed by atoms with Crippen LogP contribution in [0.25, 0.3) is 0 Å². The Labute approximate surface area is 130 Å². The van der Waals surface area contributed by atoms with Gasteiger partial charge in [0.25, 0.3) is 0 Å². The molecule has 0 atom stereocenters. The van der Waals surface area contributed by atoms with Gasteiger partial charge in [0, 0.05) is 29.2 Å². The average Bonchev–Trinajstić information content (AvgIpc) is 2.25. The van der Waals surface area contributed by atoms with Crippen molar-refractivity contribution in [3.05, 3.63) is 27.7 Å². The lowest BCUT2D eigenvalue weighted by Gasteiger charge is -2.15. The Morgan fingerprint density at radius 3 is 2.20 bits per heavy atom. The summed E-state index contributed by atoms with van der Waals surface area (Å²) in [5, 5.41) is 3.79. The van der Waals surface area contributed by atoms with E-state index in [1.807, 2.05) is 13.8 Å². The van der Waals surface area contributed by atoms with Crippen LogP contribution in [0.4, 0.5) is 0 Å². The van der Waals surface area contributed by atoms with Gasteiger partial charge in [-0.1, -0.05) is 37.0 Å². The molecular weight excluding hydrogens is 319 g/mol. The molecule has 0 unspecified atom stereocenters. The zero-order chi connectivity index (χ0) is 15.5. The summed E-state index contributed by atoms with van der Waals surface area (Å²) in [6, 6.07) is 3.02. The summed E-state index contributed by atoms with van der Waals surface area (Å²) in [5.74, 6) is 0. The number of hydrogen-bond acceptors (Lipinski definition) is 3. The molecule has 7 heteroatoms. The average molecular weight is 339 g/mol. The first-order chi connectivity index (χ1) is 9.15. The van der Waals surface area contributed by atoms with Crippen molar-refractivity contribution in [2.45, 2.75) is 51.2 Å². The first-order valence-electron chi connectivity index (χ1n) is 6.37. The third-order valence-corrected chi connectivity index (χ3v) is 5.12. The molecule has 114 valence electrons. The molecule has 1 rings (SSSR count). The van der Waals surface area contributed by atoms with Crippen molar-refractivity contribution >= 4 is 33.2 Å². The van der Waals surface area contributed by atoms with Crippen LogP contribution in [-0.4, -0.2) is 20.5 Å². The minimum Gasteiger partial charge on any atom is -0.310 e. The van der Waals surface area contributed by atoms with Crippen LogP contribution in [0.15, 0.2) is 17.0 Å². The summed E-state index contributed by atoms with van der Waals surface area (Å²) in [7, 11) is -3.64. The van der Waals surface area contributed by atoms with Crippen molar-refractivity contribution in [1.82, 2.24) is 10.0 Å². The molecule has 0 aliphatic carbocycles. The number of halogens is 2. The van der Waals surface area contributed by atoms with Gasteiger partial charge >= 0.3 is 0 Å². The molecule has 1 aromatic rings. The largest absolute Gasteiger partial charge is 0.310 e. The Morgan fingerprint density at radius 1 is 1.10 bits per heavy atom. The molecule has 0 heterocycles. The molecule has 0 saturated carbocycles. The van der Waals surface area contributed by atoms with Crippen LogP contribution < -0.4 is 10.0 Å². The van der Waals surface area contributed by atoms with Crippen LogP contribution in [0.1, 0.15) is 33.3 Å². The van der Waals surface area contributed by atoms with Crippen molar-refractivity contribution in [1.29, 1.82) is 0 Å². The fourth-order valence-electron chi connectivity index (χ4n) is 1.63. The molecule has 0 saturated heterocycles. The van der Waals surface area contributed by atoms with Crippen molar-refractivity contribution in [2.24, 2.45) is 0 Å². The Morgan fingerprint density at radius 2 is 1.70 bits per heavy atom. The van der Waals surface area contributed by atoms with E-state index in [9.17, 15) is 8.42 Å². The van der Waals surface area contributed by atoms with Crippen LogP contribution >= 0.6 is 23.2 Å². The number of benzene rings is 1.